The first-order chi connectivity index (χ1) is 28.1. The van der Waals surface area contributed by atoms with Gasteiger partial charge in [0, 0.05) is 30.1 Å². The zero-order valence-electron chi connectivity index (χ0n) is 36.7. The van der Waals surface area contributed by atoms with Crippen LogP contribution in [0.1, 0.15) is 141 Å². The van der Waals surface area contributed by atoms with Gasteiger partial charge >= 0.3 is 5.97 Å². The number of nitrogens with two attached hydrogens (primary N) is 2. The number of aliphatic carboxylic acids is 1. The molecular weight excluding hydrogens is 759 g/mol. The lowest BCUT2D eigenvalue weighted by Gasteiger charge is -2.56. The molecule has 2 fully saturated rings. The molecule has 0 aromatic heterocycles. The van der Waals surface area contributed by atoms with Crippen LogP contribution in [0, 0.1) is 34.5 Å². The molecule has 4 aliphatic carbocycles. The fourth-order valence-electron chi connectivity index (χ4n) is 12.0. The fourth-order valence-corrected chi connectivity index (χ4v) is 12.0. The highest BCUT2D eigenvalue weighted by atomic mass is 16.4. The van der Waals surface area contributed by atoms with E-state index in [-0.39, 0.29) is 71.4 Å². The SMILES string of the molecule is CC(C)[C@H](NC(=O)[C@@H](N)CCC(=O)O)C(=O)C[C@@H](C)C(=O)Nc1ccc2c(c1)[C@@]1(C)CCC[C@](C)(C(=O)NC(=O)[C@@]3(C)CCC[C@]4(C)c5cc(N)ccc5CC[C@@H]34)[C@@H]1CC2. The van der Waals surface area contributed by atoms with Crippen LogP contribution >= 0.6 is 0 Å². The van der Waals surface area contributed by atoms with Crippen molar-refractivity contribution in [2.24, 2.45) is 40.2 Å². The Labute approximate surface area is 355 Å². The molecule has 8 N–H and O–H groups in total. The van der Waals surface area contributed by atoms with Crippen molar-refractivity contribution in [1.29, 1.82) is 0 Å². The maximum atomic E-state index is 14.6. The molecule has 12 heteroatoms. The number of aryl methyl sites for hydroxylation is 2. The van der Waals surface area contributed by atoms with Crippen molar-refractivity contribution in [3.8, 4) is 0 Å². The highest BCUT2D eigenvalue weighted by Gasteiger charge is 2.58. The number of amides is 4. The number of nitrogens with one attached hydrogen (secondary N) is 3. The summed E-state index contributed by atoms with van der Waals surface area (Å²) < 4.78 is 0. The van der Waals surface area contributed by atoms with E-state index in [2.05, 4.69) is 48.9 Å². The Kier molecular flexibility index (Phi) is 12.8. The lowest BCUT2D eigenvalue weighted by atomic mass is 9.49. The smallest absolute Gasteiger partial charge is 0.303 e. The summed E-state index contributed by atoms with van der Waals surface area (Å²) in [7, 11) is 0. The Morgan fingerprint density at radius 3 is 1.83 bits per heavy atom. The molecule has 0 unspecified atom stereocenters. The van der Waals surface area contributed by atoms with Gasteiger partial charge in [-0.2, -0.15) is 0 Å². The van der Waals surface area contributed by atoms with Crippen molar-refractivity contribution >= 4 is 46.8 Å². The Morgan fingerprint density at radius 2 is 1.30 bits per heavy atom. The zero-order chi connectivity index (χ0) is 43.9. The molecule has 4 amide bonds. The predicted molar refractivity (Wildman–Crippen MR) is 232 cm³/mol. The number of ketones is 1. The molecule has 4 aliphatic rings. The van der Waals surface area contributed by atoms with E-state index < -0.39 is 40.7 Å². The lowest BCUT2D eigenvalue weighted by molar-refractivity contribution is -0.150. The molecule has 2 aromatic carbocycles. The van der Waals surface area contributed by atoms with Gasteiger partial charge in [0.1, 0.15) is 0 Å². The third-order valence-electron chi connectivity index (χ3n) is 15.5. The van der Waals surface area contributed by atoms with Gasteiger partial charge < -0.3 is 27.2 Å². The van der Waals surface area contributed by atoms with Gasteiger partial charge in [-0.3, -0.25) is 34.1 Å². The predicted octanol–water partition coefficient (Wildman–Crippen LogP) is 6.50. The number of rotatable bonds is 13. The number of benzene rings is 2. The Hall–Kier alpha value is -4.58. The number of imide groups is 1. The van der Waals surface area contributed by atoms with Gasteiger partial charge in [0.15, 0.2) is 5.78 Å². The Bertz CT molecular complexity index is 2050. The summed E-state index contributed by atoms with van der Waals surface area (Å²) in [6.07, 6.45) is 7.88. The van der Waals surface area contributed by atoms with Gasteiger partial charge in [-0.15, -0.1) is 0 Å². The van der Waals surface area contributed by atoms with Gasteiger partial charge in [-0.1, -0.05) is 73.4 Å². The number of Topliss-reactive ketones (excluding diaryl/α,β-unsaturated/α-hetero) is 1. The van der Waals surface area contributed by atoms with Gasteiger partial charge in [-0.05, 0) is 133 Å². The van der Waals surface area contributed by atoms with Crippen LogP contribution in [0.15, 0.2) is 36.4 Å². The fraction of sp³-hybridized carbons (Fsp3) is 0.625. The van der Waals surface area contributed by atoms with Crippen LogP contribution < -0.4 is 27.4 Å². The van der Waals surface area contributed by atoms with E-state index in [0.717, 1.165) is 69.0 Å². The van der Waals surface area contributed by atoms with Gasteiger partial charge in [0.05, 0.1) is 22.9 Å². The number of carbonyl (C=O) groups excluding carboxylic acids is 5. The number of carboxylic acid groups (broad SMARTS) is 1. The van der Waals surface area contributed by atoms with Crippen molar-refractivity contribution in [1.82, 2.24) is 10.6 Å². The van der Waals surface area contributed by atoms with E-state index >= 15 is 0 Å². The minimum Gasteiger partial charge on any atom is -0.481 e. The summed E-state index contributed by atoms with van der Waals surface area (Å²) in [5.74, 6) is -3.61. The molecule has 9 atom stereocenters. The molecule has 60 heavy (non-hydrogen) atoms. The second-order valence-corrected chi connectivity index (χ2v) is 20.0. The van der Waals surface area contributed by atoms with Crippen molar-refractivity contribution in [2.75, 3.05) is 11.1 Å². The average molecular weight is 826 g/mol. The standard InChI is InChI=1S/C48H67N5O7/c1-27(2)40(52-42(58)35(50)16-19-39(55)56)36(54)24-28(3)41(57)51-32-15-11-30-13-18-38-46(5,34(30)26-32)21-9-23-48(38,7)44(60)53-43(59)47(6)22-8-20-45(4)33-25-31(49)14-10-29(33)12-17-37(45)47/h10-11,14-15,25-28,35,37-38,40H,8-9,12-13,16-24,49-50H2,1-7H3,(H,51,57)(H,52,58)(H,55,56)(H,53,59,60)/t28-,35+,37-,38-,40+,45-,46-,47+,48+/m1/s1. The molecule has 0 bridgehead atoms. The summed E-state index contributed by atoms with van der Waals surface area (Å²) in [5.41, 5.74) is 16.3. The van der Waals surface area contributed by atoms with Crippen LogP contribution in [0.25, 0.3) is 0 Å². The minimum absolute atomic E-state index is 0.0315. The topological polar surface area (TPSA) is 211 Å². The second-order valence-electron chi connectivity index (χ2n) is 20.0. The number of hydrogen-bond donors (Lipinski definition) is 6. The van der Waals surface area contributed by atoms with Crippen LogP contribution in [0.5, 0.6) is 0 Å². The molecule has 12 nitrogen and oxygen atoms in total. The molecule has 0 saturated heterocycles. The lowest BCUT2D eigenvalue weighted by Crippen LogP contribution is -2.60. The largest absolute Gasteiger partial charge is 0.481 e. The third kappa shape index (κ3) is 8.37. The third-order valence-corrected chi connectivity index (χ3v) is 15.5. The van der Waals surface area contributed by atoms with E-state index in [1.807, 2.05) is 31.2 Å². The Balaban J connectivity index is 1.14. The first kappa shape index (κ1) is 45.0. The number of carbonyl (C=O) groups is 6. The van der Waals surface area contributed by atoms with E-state index in [4.69, 9.17) is 16.6 Å². The zero-order valence-corrected chi connectivity index (χ0v) is 36.7. The molecule has 2 saturated carbocycles. The van der Waals surface area contributed by atoms with Crippen molar-refractivity contribution in [3.63, 3.8) is 0 Å². The summed E-state index contributed by atoms with van der Waals surface area (Å²) in [6, 6.07) is 10.2. The highest BCUT2D eigenvalue weighted by molar-refractivity contribution is 6.01. The van der Waals surface area contributed by atoms with Crippen molar-refractivity contribution in [3.05, 3.63) is 58.7 Å². The molecule has 0 spiro atoms. The molecule has 0 aliphatic heterocycles. The molecule has 2 aromatic rings. The van der Waals surface area contributed by atoms with Crippen LogP contribution in [0.2, 0.25) is 0 Å². The van der Waals surface area contributed by atoms with E-state index in [1.54, 1.807) is 20.8 Å². The highest BCUT2D eigenvalue weighted by Crippen LogP contribution is 2.59. The van der Waals surface area contributed by atoms with Gasteiger partial charge in [-0.25, -0.2) is 0 Å². The molecule has 326 valence electrons. The second kappa shape index (κ2) is 17.1. The van der Waals surface area contributed by atoms with Gasteiger partial charge in [0.2, 0.25) is 23.6 Å². The summed E-state index contributed by atoms with van der Waals surface area (Å²) in [5, 5.41) is 17.7. The normalized spacial score (nSPS) is 29.6. The number of anilines is 2. The Morgan fingerprint density at radius 1 is 0.767 bits per heavy atom. The number of fused-ring (bicyclic) bond motifs is 6. The molecule has 0 radical (unpaired) electrons. The number of carboxylic acids is 1. The monoisotopic (exact) mass is 826 g/mol. The average Bonchev–Trinajstić information content (AvgIpc) is 3.18. The van der Waals surface area contributed by atoms with E-state index in [9.17, 15) is 28.8 Å². The first-order valence-electron chi connectivity index (χ1n) is 22.1. The first-order valence-corrected chi connectivity index (χ1v) is 22.1. The minimum atomic E-state index is -1.07. The summed E-state index contributed by atoms with van der Waals surface area (Å²) in [4.78, 5) is 79.7. The van der Waals surface area contributed by atoms with Crippen molar-refractivity contribution < 1.29 is 33.9 Å². The van der Waals surface area contributed by atoms with Crippen LogP contribution in [-0.2, 0) is 52.4 Å². The van der Waals surface area contributed by atoms with Crippen LogP contribution in [0.3, 0.4) is 0 Å². The molecule has 6 rings (SSSR count). The number of nitrogen functional groups attached to an aromatic ring is 1. The quantitative estimate of drug-likeness (QED) is 0.0961. The van der Waals surface area contributed by atoms with E-state index in [1.165, 1.54) is 16.7 Å². The van der Waals surface area contributed by atoms with Gasteiger partial charge in [0.25, 0.3) is 0 Å². The van der Waals surface area contributed by atoms with E-state index in [0.29, 0.717) is 12.1 Å². The maximum Gasteiger partial charge on any atom is 0.303 e. The summed E-state index contributed by atoms with van der Waals surface area (Å²) >= 11 is 0. The molecular formula is C48H67N5O7. The van der Waals surface area contributed by atoms with Crippen molar-refractivity contribution in [2.45, 2.75) is 155 Å². The summed E-state index contributed by atoms with van der Waals surface area (Å²) in [6.45, 7) is 13.9. The maximum absolute atomic E-state index is 14.6. The van der Waals surface area contributed by atoms with Crippen LogP contribution in [0.4, 0.5) is 11.4 Å². The molecule has 0 heterocycles. The number of hydrogen-bond acceptors (Lipinski definition) is 8. The van der Waals surface area contributed by atoms with Crippen LogP contribution in [-0.4, -0.2) is 52.6 Å².